The number of thiophene rings is 1. The molecule has 1 unspecified atom stereocenters. The van der Waals surface area contributed by atoms with E-state index >= 15 is 0 Å². The number of carbonyl (C=O) groups is 2. The molecule has 0 saturated heterocycles. The Balaban J connectivity index is 2.53. The van der Waals surface area contributed by atoms with Crippen LogP contribution in [0.3, 0.4) is 0 Å². The lowest BCUT2D eigenvalue weighted by atomic mass is 9.85. The lowest BCUT2D eigenvalue weighted by Gasteiger charge is -2.32. The number of urea groups is 1. The molecule has 1 aromatic heterocycles. The molecule has 0 aliphatic carbocycles. The van der Waals surface area contributed by atoms with Crippen molar-refractivity contribution in [2.75, 3.05) is 13.6 Å². The Kier molecular flexibility index (Phi) is 6.20. The van der Waals surface area contributed by atoms with E-state index in [9.17, 15) is 9.59 Å². The molecule has 1 heterocycles. The standard InChI is InChI=1S/C15H24N2O3S/c1-15(2,3)12(10-13(18)19)16-14(20)17(4)8-7-11-6-5-9-21-11/h5-6,9,12H,7-8,10H2,1-4H3,(H,16,20)(H,18,19). The highest BCUT2D eigenvalue weighted by Crippen LogP contribution is 2.22. The van der Waals surface area contributed by atoms with Gasteiger partial charge in [0.1, 0.15) is 0 Å². The number of nitrogens with zero attached hydrogens (tertiary/aromatic N) is 1. The average Bonchev–Trinajstić information content (AvgIpc) is 2.86. The number of nitrogens with one attached hydrogen (secondary N) is 1. The fraction of sp³-hybridized carbons (Fsp3) is 0.600. The summed E-state index contributed by atoms with van der Waals surface area (Å²) in [7, 11) is 1.73. The number of carboxylic acid groups (broad SMARTS) is 1. The van der Waals surface area contributed by atoms with Crippen LogP contribution in [0.4, 0.5) is 4.79 Å². The summed E-state index contributed by atoms with van der Waals surface area (Å²) < 4.78 is 0. The Morgan fingerprint density at radius 3 is 2.57 bits per heavy atom. The Bertz CT molecular complexity index is 466. The van der Waals surface area contributed by atoms with Crippen molar-refractivity contribution in [3.8, 4) is 0 Å². The topological polar surface area (TPSA) is 69.6 Å². The van der Waals surface area contributed by atoms with Crippen molar-refractivity contribution in [2.45, 2.75) is 39.7 Å². The minimum absolute atomic E-state index is 0.0754. The van der Waals surface area contributed by atoms with E-state index in [0.29, 0.717) is 6.54 Å². The zero-order chi connectivity index (χ0) is 16.0. The van der Waals surface area contributed by atoms with E-state index in [-0.39, 0.29) is 17.9 Å². The van der Waals surface area contributed by atoms with E-state index in [4.69, 9.17) is 5.11 Å². The molecule has 0 aromatic carbocycles. The molecule has 0 bridgehead atoms. The summed E-state index contributed by atoms with van der Waals surface area (Å²) >= 11 is 1.67. The summed E-state index contributed by atoms with van der Waals surface area (Å²) in [4.78, 5) is 25.9. The number of rotatable bonds is 6. The first kappa shape index (κ1) is 17.5. The van der Waals surface area contributed by atoms with Gasteiger partial charge in [0, 0.05) is 24.5 Å². The van der Waals surface area contributed by atoms with Crippen molar-refractivity contribution in [3.05, 3.63) is 22.4 Å². The molecule has 0 aliphatic rings. The molecule has 0 radical (unpaired) electrons. The van der Waals surface area contributed by atoms with Gasteiger partial charge in [-0.1, -0.05) is 26.8 Å². The van der Waals surface area contributed by atoms with Gasteiger partial charge >= 0.3 is 12.0 Å². The second kappa shape index (κ2) is 7.45. The van der Waals surface area contributed by atoms with Crippen LogP contribution in [0, 0.1) is 5.41 Å². The van der Waals surface area contributed by atoms with Gasteiger partial charge in [-0.15, -0.1) is 11.3 Å². The molecular weight excluding hydrogens is 288 g/mol. The number of carbonyl (C=O) groups excluding carboxylic acids is 1. The van der Waals surface area contributed by atoms with Crippen LogP contribution in [0.5, 0.6) is 0 Å². The number of amides is 2. The first-order valence-corrected chi connectivity index (χ1v) is 7.84. The van der Waals surface area contributed by atoms with Gasteiger partial charge in [0.15, 0.2) is 0 Å². The Morgan fingerprint density at radius 1 is 1.43 bits per heavy atom. The average molecular weight is 312 g/mol. The van der Waals surface area contributed by atoms with Crippen LogP contribution < -0.4 is 5.32 Å². The molecule has 1 aromatic rings. The maximum absolute atomic E-state index is 12.2. The maximum atomic E-state index is 12.2. The summed E-state index contributed by atoms with van der Waals surface area (Å²) in [5.41, 5.74) is -0.303. The fourth-order valence-electron chi connectivity index (χ4n) is 1.84. The van der Waals surface area contributed by atoms with Crippen LogP contribution in [-0.2, 0) is 11.2 Å². The Hall–Kier alpha value is -1.56. The van der Waals surface area contributed by atoms with E-state index in [0.717, 1.165) is 6.42 Å². The number of likely N-dealkylation sites (N-methyl/N-ethyl adjacent to an activating group) is 1. The molecule has 1 atom stereocenters. The highest BCUT2D eigenvalue weighted by atomic mass is 32.1. The first-order valence-electron chi connectivity index (χ1n) is 6.96. The third-order valence-electron chi connectivity index (χ3n) is 3.34. The third-order valence-corrected chi connectivity index (χ3v) is 4.28. The van der Waals surface area contributed by atoms with Crippen molar-refractivity contribution < 1.29 is 14.7 Å². The normalized spacial score (nSPS) is 12.8. The molecule has 1 rings (SSSR count). The van der Waals surface area contributed by atoms with Gasteiger partial charge in [-0.25, -0.2) is 4.79 Å². The maximum Gasteiger partial charge on any atom is 0.317 e. The van der Waals surface area contributed by atoms with Gasteiger partial charge < -0.3 is 15.3 Å². The second-order valence-electron chi connectivity index (χ2n) is 6.22. The van der Waals surface area contributed by atoms with E-state index < -0.39 is 12.0 Å². The van der Waals surface area contributed by atoms with E-state index in [1.54, 1.807) is 23.3 Å². The van der Waals surface area contributed by atoms with Crippen molar-refractivity contribution >= 4 is 23.3 Å². The molecule has 0 spiro atoms. The first-order chi connectivity index (χ1) is 9.70. The predicted molar refractivity (Wildman–Crippen MR) is 84.7 cm³/mol. The van der Waals surface area contributed by atoms with Crippen LogP contribution in [0.15, 0.2) is 17.5 Å². The minimum atomic E-state index is -0.906. The van der Waals surface area contributed by atoms with Crippen molar-refractivity contribution in [1.29, 1.82) is 0 Å². The van der Waals surface area contributed by atoms with E-state index in [1.807, 2.05) is 38.3 Å². The van der Waals surface area contributed by atoms with Gasteiger partial charge in [-0.2, -0.15) is 0 Å². The lowest BCUT2D eigenvalue weighted by molar-refractivity contribution is -0.138. The number of aliphatic carboxylic acids is 1. The summed E-state index contributed by atoms with van der Waals surface area (Å²) in [5.74, 6) is -0.906. The van der Waals surface area contributed by atoms with Gasteiger partial charge in [0.05, 0.1) is 6.42 Å². The van der Waals surface area contributed by atoms with Gasteiger partial charge in [0.2, 0.25) is 0 Å². The van der Waals surface area contributed by atoms with Crippen molar-refractivity contribution in [2.24, 2.45) is 5.41 Å². The van der Waals surface area contributed by atoms with E-state index in [2.05, 4.69) is 5.32 Å². The zero-order valence-corrected chi connectivity index (χ0v) is 13.9. The van der Waals surface area contributed by atoms with Crippen molar-refractivity contribution in [1.82, 2.24) is 10.2 Å². The molecule has 118 valence electrons. The molecule has 6 heteroatoms. The van der Waals surface area contributed by atoms with Crippen LogP contribution in [0.25, 0.3) is 0 Å². The summed E-state index contributed by atoms with van der Waals surface area (Å²) in [6.07, 6.45) is 0.731. The summed E-state index contributed by atoms with van der Waals surface area (Å²) in [5, 5.41) is 13.8. The van der Waals surface area contributed by atoms with Crippen LogP contribution in [-0.4, -0.2) is 41.6 Å². The molecular formula is C15H24N2O3S. The highest BCUT2D eigenvalue weighted by Gasteiger charge is 2.29. The van der Waals surface area contributed by atoms with E-state index in [1.165, 1.54) is 4.88 Å². The predicted octanol–water partition coefficient (Wildman–Crippen LogP) is 2.82. The van der Waals surface area contributed by atoms with Gasteiger partial charge in [-0.3, -0.25) is 4.79 Å². The fourth-order valence-corrected chi connectivity index (χ4v) is 2.54. The largest absolute Gasteiger partial charge is 0.481 e. The molecule has 2 amide bonds. The monoisotopic (exact) mass is 312 g/mol. The number of carboxylic acids is 1. The second-order valence-corrected chi connectivity index (χ2v) is 7.25. The zero-order valence-electron chi connectivity index (χ0n) is 13.0. The quantitative estimate of drug-likeness (QED) is 0.848. The van der Waals surface area contributed by atoms with Crippen LogP contribution in [0.1, 0.15) is 32.1 Å². The van der Waals surface area contributed by atoms with Gasteiger partial charge in [0.25, 0.3) is 0 Å². The number of hydrogen-bond acceptors (Lipinski definition) is 3. The Labute approximate surface area is 130 Å². The lowest BCUT2D eigenvalue weighted by Crippen LogP contribution is -2.49. The molecule has 5 nitrogen and oxygen atoms in total. The Morgan fingerprint density at radius 2 is 2.10 bits per heavy atom. The minimum Gasteiger partial charge on any atom is -0.481 e. The van der Waals surface area contributed by atoms with Crippen LogP contribution >= 0.6 is 11.3 Å². The molecule has 0 fully saturated rings. The molecule has 0 aliphatic heterocycles. The van der Waals surface area contributed by atoms with Crippen molar-refractivity contribution in [3.63, 3.8) is 0 Å². The molecule has 0 saturated carbocycles. The molecule has 2 N–H and O–H groups in total. The summed E-state index contributed by atoms with van der Waals surface area (Å²) in [6.45, 7) is 6.38. The number of hydrogen-bond donors (Lipinski definition) is 2. The van der Waals surface area contributed by atoms with Gasteiger partial charge in [-0.05, 0) is 23.3 Å². The molecule has 21 heavy (non-hydrogen) atoms. The summed E-state index contributed by atoms with van der Waals surface area (Å²) in [6, 6.07) is 3.40. The third kappa shape index (κ3) is 6.16. The smallest absolute Gasteiger partial charge is 0.317 e. The SMILES string of the molecule is CN(CCc1cccs1)C(=O)NC(CC(=O)O)C(C)(C)C. The highest BCUT2D eigenvalue weighted by molar-refractivity contribution is 7.09. The van der Waals surface area contributed by atoms with Crippen LogP contribution in [0.2, 0.25) is 0 Å².